The minimum Gasteiger partial charge on any atom is -0.496 e. The number of hydrogen-bond donors (Lipinski definition) is 2. The number of rotatable bonds is 6. The Morgan fingerprint density at radius 3 is 2.34 bits per heavy atom. The van der Waals surface area contributed by atoms with Crippen LogP contribution in [0.4, 0.5) is 13.2 Å². The second-order valence-corrected chi connectivity index (χ2v) is 10.5. The molecule has 200 valence electrons. The Hall–Kier alpha value is -3.61. The summed E-state index contributed by atoms with van der Waals surface area (Å²) in [7, 11) is -1.88. The van der Waals surface area contributed by atoms with Crippen molar-refractivity contribution in [1.82, 2.24) is 4.90 Å². The van der Waals surface area contributed by atoms with Crippen molar-refractivity contribution < 1.29 is 35.7 Å². The molecule has 1 amide bonds. The van der Waals surface area contributed by atoms with Crippen LogP contribution in [0.3, 0.4) is 0 Å². The van der Waals surface area contributed by atoms with Crippen LogP contribution in [0.5, 0.6) is 5.75 Å². The Labute approximate surface area is 221 Å². The van der Waals surface area contributed by atoms with Gasteiger partial charge in [-0.05, 0) is 64.2 Å². The molecule has 0 aromatic heterocycles. The van der Waals surface area contributed by atoms with Crippen molar-refractivity contribution >= 4 is 33.6 Å². The number of likely N-dealkylation sites (N-methyl/N-ethyl adjacent to an activating group) is 1. The minimum absolute atomic E-state index is 0.0850. The zero-order valence-corrected chi connectivity index (χ0v) is 21.5. The van der Waals surface area contributed by atoms with Crippen molar-refractivity contribution in [2.24, 2.45) is 10.7 Å². The van der Waals surface area contributed by atoms with Crippen LogP contribution in [-0.4, -0.2) is 43.9 Å². The molecule has 0 spiro atoms. The SMILES string of the molecule is COc1ccc(C2(c3cccc(-c4cc(Cl)cc(CS(=O)(=O)O)c4)c3)N=C(N)N(C)C2=O)cc1C(F)(F)F. The summed E-state index contributed by atoms with van der Waals surface area (Å²) >= 11 is 6.17. The molecule has 0 saturated carbocycles. The van der Waals surface area contributed by atoms with Gasteiger partial charge in [-0.2, -0.15) is 21.6 Å². The monoisotopic (exact) mass is 567 g/mol. The molecule has 1 heterocycles. The topological polar surface area (TPSA) is 122 Å². The van der Waals surface area contributed by atoms with Gasteiger partial charge in [0, 0.05) is 12.1 Å². The van der Waals surface area contributed by atoms with Crippen LogP contribution in [-0.2, 0) is 32.4 Å². The molecule has 0 saturated heterocycles. The molecule has 1 aliphatic rings. The van der Waals surface area contributed by atoms with Crippen LogP contribution in [0.1, 0.15) is 22.3 Å². The highest BCUT2D eigenvalue weighted by Gasteiger charge is 2.50. The lowest BCUT2D eigenvalue weighted by Gasteiger charge is -2.27. The molecule has 1 atom stereocenters. The molecule has 13 heteroatoms. The Balaban J connectivity index is 1.94. The van der Waals surface area contributed by atoms with E-state index >= 15 is 0 Å². The second-order valence-electron chi connectivity index (χ2n) is 8.61. The smallest absolute Gasteiger partial charge is 0.419 e. The number of benzene rings is 3. The molecule has 38 heavy (non-hydrogen) atoms. The van der Waals surface area contributed by atoms with Gasteiger partial charge in [0.05, 0.1) is 12.7 Å². The molecular weight excluding hydrogens is 547 g/mol. The highest BCUT2D eigenvalue weighted by molar-refractivity contribution is 7.85. The minimum atomic E-state index is -4.78. The molecule has 3 N–H and O–H groups in total. The van der Waals surface area contributed by atoms with Gasteiger partial charge < -0.3 is 10.5 Å². The number of nitrogens with zero attached hydrogens (tertiary/aromatic N) is 2. The van der Waals surface area contributed by atoms with Crippen molar-refractivity contribution in [3.8, 4) is 16.9 Å². The lowest BCUT2D eigenvalue weighted by atomic mass is 9.81. The number of aliphatic imine (C=N–C) groups is 1. The van der Waals surface area contributed by atoms with Gasteiger partial charge in [0.2, 0.25) is 0 Å². The summed E-state index contributed by atoms with van der Waals surface area (Å²) in [5.41, 5.74) is 4.15. The van der Waals surface area contributed by atoms with Crippen molar-refractivity contribution in [2.45, 2.75) is 17.5 Å². The molecule has 8 nitrogen and oxygen atoms in total. The highest BCUT2D eigenvalue weighted by atomic mass is 35.5. The zero-order chi connectivity index (χ0) is 28.0. The molecule has 3 aromatic rings. The molecule has 3 aromatic carbocycles. The van der Waals surface area contributed by atoms with Crippen LogP contribution in [0.15, 0.2) is 65.7 Å². The number of halogens is 4. The van der Waals surface area contributed by atoms with Crippen LogP contribution in [0.2, 0.25) is 5.02 Å². The maximum absolute atomic E-state index is 13.8. The van der Waals surface area contributed by atoms with Gasteiger partial charge in [-0.3, -0.25) is 14.2 Å². The fourth-order valence-electron chi connectivity index (χ4n) is 4.37. The Kier molecular flexibility index (Phi) is 6.93. The lowest BCUT2D eigenvalue weighted by Crippen LogP contribution is -2.41. The summed E-state index contributed by atoms with van der Waals surface area (Å²) < 4.78 is 78.4. The Morgan fingerprint density at radius 2 is 1.76 bits per heavy atom. The fraction of sp³-hybridized carbons (Fsp3) is 0.200. The first-order valence-electron chi connectivity index (χ1n) is 10.9. The number of guanidine groups is 1. The van der Waals surface area contributed by atoms with Crippen LogP contribution < -0.4 is 10.5 Å². The summed E-state index contributed by atoms with van der Waals surface area (Å²) in [5.74, 6) is -1.97. The number of methoxy groups -OCH3 is 1. The molecule has 0 radical (unpaired) electrons. The molecule has 1 aliphatic heterocycles. The molecule has 4 rings (SSSR count). The summed E-state index contributed by atoms with van der Waals surface area (Å²) in [5, 5.41) is 0.185. The number of alkyl halides is 3. The summed E-state index contributed by atoms with van der Waals surface area (Å²) in [6.07, 6.45) is -4.78. The van der Waals surface area contributed by atoms with Gasteiger partial charge in [-0.1, -0.05) is 35.9 Å². The molecule has 1 unspecified atom stereocenters. The van der Waals surface area contributed by atoms with Gasteiger partial charge in [-0.15, -0.1) is 0 Å². The van der Waals surface area contributed by atoms with Crippen LogP contribution in [0.25, 0.3) is 11.1 Å². The number of carbonyl (C=O) groups excluding carboxylic acids is 1. The van der Waals surface area contributed by atoms with Crippen molar-refractivity contribution in [1.29, 1.82) is 0 Å². The second kappa shape index (κ2) is 9.61. The molecule has 0 bridgehead atoms. The third-order valence-electron chi connectivity index (χ3n) is 6.08. The van der Waals surface area contributed by atoms with Gasteiger partial charge in [-0.25, -0.2) is 4.99 Å². The third-order valence-corrected chi connectivity index (χ3v) is 7.00. The molecular formula is C25H21ClF3N3O5S. The fourth-order valence-corrected chi connectivity index (χ4v) is 5.22. The normalized spacial score (nSPS) is 18.0. The maximum Gasteiger partial charge on any atom is 0.419 e. The predicted octanol–water partition coefficient (Wildman–Crippen LogP) is 4.45. The van der Waals surface area contributed by atoms with Gasteiger partial charge in [0.15, 0.2) is 11.5 Å². The van der Waals surface area contributed by atoms with E-state index in [-0.39, 0.29) is 27.7 Å². The van der Waals surface area contributed by atoms with E-state index < -0.39 is 44.8 Å². The van der Waals surface area contributed by atoms with E-state index in [0.717, 1.165) is 24.1 Å². The zero-order valence-electron chi connectivity index (χ0n) is 20.0. The molecule has 0 aliphatic carbocycles. The van der Waals surface area contributed by atoms with E-state index in [9.17, 15) is 30.9 Å². The first-order valence-corrected chi connectivity index (χ1v) is 12.9. The maximum atomic E-state index is 13.8. The quantitative estimate of drug-likeness (QED) is 0.424. The summed E-state index contributed by atoms with van der Waals surface area (Å²) in [6, 6.07) is 13.9. The molecule has 0 fully saturated rings. The predicted molar refractivity (Wildman–Crippen MR) is 135 cm³/mol. The van der Waals surface area contributed by atoms with E-state index in [2.05, 4.69) is 4.99 Å². The van der Waals surface area contributed by atoms with E-state index in [1.54, 1.807) is 12.1 Å². The number of amides is 1. The van der Waals surface area contributed by atoms with E-state index in [0.29, 0.717) is 11.1 Å². The lowest BCUT2D eigenvalue weighted by molar-refractivity contribution is -0.139. The van der Waals surface area contributed by atoms with Crippen molar-refractivity contribution in [2.75, 3.05) is 14.2 Å². The van der Waals surface area contributed by atoms with Gasteiger partial charge >= 0.3 is 6.18 Å². The largest absolute Gasteiger partial charge is 0.496 e. The number of nitrogens with two attached hydrogens (primary N) is 1. The standard InChI is InChI=1S/C25H21ClF3N3O5S/c1-32-22(33)24(31-23(32)30,18-6-7-21(37-2)20(12-18)25(27,28)29)17-5-3-4-15(10-17)16-8-14(9-19(26)11-16)13-38(34,35)36/h3-12H,13H2,1-2H3,(H2,30,31)(H,34,35,36). The van der Waals surface area contributed by atoms with E-state index in [1.165, 1.54) is 43.4 Å². The first kappa shape index (κ1) is 27.4. The van der Waals surface area contributed by atoms with Gasteiger partial charge in [0.25, 0.3) is 16.0 Å². The summed E-state index contributed by atoms with van der Waals surface area (Å²) in [6.45, 7) is 0. The van der Waals surface area contributed by atoms with E-state index in [4.69, 9.17) is 22.1 Å². The van der Waals surface area contributed by atoms with Crippen LogP contribution >= 0.6 is 11.6 Å². The average Bonchev–Trinajstić information content (AvgIpc) is 3.06. The number of carbonyl (C=O) groups is 1. The van der Waals surface area contributed by atoms with E-state index in [1.807, 2.05) is 0 Å². The van der Waals surface area contributed by atoms with Crippen LogP contribution in [0, 0.1) is 0 Å². The van der Waals surface area contributed by atoms with Crippen molar-refractivity contribution in [3.05, 3.63) is 87.9 Å². The van der Waals surface area contributed by atoms with Crippen molar-refractivity contribution in [3.63, 3.8) is 0 Å². The Bertz CT molecular complexity index is 1580. The third kappa shape index (κ3) is 5.06. The first-order chi connectivity index (χ1) is 17.7. The number of ether oxygens (including phenoxy) is 1. The summed E-state index contributed by atoms with van der Waals surface area (Å²) in [4.78, 5) is 19.0. The number of hydrogen-bond acceptors (Lipinski definition) is 6. The van der Waals surface area contributed by atoms with Gasteiger partial charge in [0.1, 0.15) is 11.5 Å². The highest BCUT2D eigenvalue weighted by Crippen LogP contribution is 2.44. The average molecular weight is 568 g/mol. The Morgan fingerprint density at radius 1 is 1.08 bits per heavy atom.